The number of alkyl halides is 3. The van der Waals surface area contributed by atoms with Crippen LogP contribution in [0.1, 0.15) is 47.9 Å². The summed E-state index contributed by atoms with van der Waals surface area (Å²) in [5.74, 6) is -0.0944. The van der Waals surface area contributed by atoms with Crippen molar-refractivity contribution in [2.24, 2.45) is 0 Å². The summed E-state index contributed by atoms with van der Waals surface area (Å²) in [6.45, 7) is 1.86. The highest BCUT2D eigenvalue weighted by molar-refractivity contribution is 6.03. The molecule has 2 amide bonds. The van der Waals surface area contributed by atoms with Crippen LogP contribution in [-0.2, 0) is 22.2 Å². The lowest BCUT2D eigenvalue weighted by Crippen LogP contribution is -2.34. The molecule has 2 aromatic carbocycles. The van der Waals surface area contributed by atoms with Gasteiger partial charge in [-0.3, -0.25) is 9.59 Å². The van der Waals surface area contributed by atoms with E-state index in [0.717, 1.165) is 43.9 Å². The zero-order valence-corrected chi connectivity index (χ0v) is 24.0. The van der Waals surface area contributed by atoms with Crippen molar-refractivity contribution in [2.45, 2.75) is 44.4 Å². The third-order valence-electron chi connectivity index (χ3n) is 7.41. The first-order valence-corrected chi connectivity index (χ1v) is 13.9. The Morgan fingerprint density at radius 1 is 1.00 bits per heavy atom. The van der Waals surface area contributed by atoms with Crippen LogP contribution in [0.2, 0.25) is 0 Å². The van der Waals surface area contributed by atoms with E-state index in [1.54, 1.807) is 30.5 Å². The second kappa shape index (κ2) is 13.9. The Balaban J connectivity index is 0.00000423. The van der Waals surface area contributed by atoms with Crippen molar-refractivity contribution in [1.82, 2.24) is 4.98 Å². The van der Waals surface area contributed by atoms with Crippen LogP contribution in [-0.4, -0.2) is 41.1 Å². The van der Waals surface area contributed by atoms with E-state index in [-0.39, 0.29) is 18.8 Å². The summed E-state index contributed by atoms with van der Waals surface area (Å²) in [5.41, 5.74) is 2.69. The van der Waals surface area contributed by atoms with Gasteiger partial charge in [0.1, 0.15) is 11.9 Å². The van der Waals surface area contributed by atoms with Gasteiger partial charge >= 0.3 is 6.18 Å². The van der Waals surface area contributed by atoms with Crippen LogP contribution in [0, 0.1) is 0 Å². The summed E-state index contributed by atoms with van der Waals surface area (Å²) in [7, 11) is 0. The topological polar surface area (TPSA) is 94.6 Å². The molecule has 43 heavy (non-hydrogen) atoms. The number of halogens is 4. The molecule has 0 spiro atoms. The van der Waals surface area contributed by atoms with Gasteiger partial charge in [-0.15, -0.1) is 12.4 Å². The zero-order chi connectivity index (χ0) is 29.7. The van der Waals surface area contributed by atoms with Gasteiger partial charge < -0.3 is 20.6 Å². The van der Waals surface area contributed by atoms with Crippen molar-refractivity contribution < 1.29 is 27.9 Å². The molecule has 0 bridgehead atoms. The van der Waals surface area contributed by atoms with Crippen molar-refractivity contribution in [3.63, 3.8) is 0 Å². The maximum atomic E-state index is 13.2. The van der Waals surface area contributed by atoms with E-state index in [9.17, 15) is 27.9 Å². The molecular weight excluding hydrogens is 581 g/mol. The van der Waals surface area contributed by atoms with Crippen LogP contribution in [0.15, 0.2) is 79.0 Å². The highest BCUT2D eigenvalue weighted by Gasteiger charge is 2.30. The number of pyridine rings is 1. The van der Waals surface area contributed by atoms with Gasteiger partial charge in [0.05, 0.1) is 5.56 Å². The number of rotatable bonds is 6. The first-order chi connectivity index (χ1) is 20.2. The highest BCUT2D eigenvalue weighted by atomic mass is 35.5. The number of hydrogen-bond acceptors (Lipinski definition) is 5. The second-order valence-corrected chi connectivity index (χ2v) is 10.4. The molecule has 0 saturated carbocycles. The SMILES string of the molecule is Cl.O=C(/C=C/C=C(/c1ccc(C(F)(F)F)cc1)c1ccc(N2CCCCCC2)nc1)Nc1cccc2c1CC(O)C(=O)N2. The van der Waals surface area contributed by atoms with E-state index in [1.165, 1.54) is 37.1 Å². The Morgan fingerprint density at radius 2 is 1.70 bits per heavy atom. The van der Waals surface area contributed by atoms with Crippen LogP contribution in [0.5, 0.6) is 0 Å². The van der Waals surface area contributed by atoms with Crippen LogP contribution in [0.3, 0.4) is 0 Å². The van der Waals surface area contributed by atoms with Gasteiger partial charge in [0, 0.05) is 54.3 Å². The van der Waals surface area contributed by atoms with Gasteiger partial charge in [0.2, 0.25) is 5.91 Å². The molecular formula is C32H32ClF3N4O3. The molecule has 2 aliphatic rings. The van der Waals surface area contributed by atoms with Crippen molar-refractivity contribution >= 4 is 47.0 Å². The molecule has 3 N–H and O–H groups in total. The van der Waals surface area contributed by atoms with E-state index in [4.69, 9.17) is 0 Å². The van der Waals surface area contributed by atoms with Crippen molar-refractivity contribution in [2.75, 3.05) is 28.6 Å². The number of aliphatic hydroxyl groups excluding tert-OH is 1. The smallest absolute Gasteiger partial charge is 0.383 e. The number of aliphatic hydroxyl groups is 1. The maximum Gasteiger partial charge on any atom is 0.416 e. The molecule has 1 unspecified atom stereocenters. The molecule has 3 aromatic rings. The van der Waals surface area contributed by atoms with Gasteiger partial charge in [-0.2, -0.15) is 13.2 Å². The summed E-state index contributed by atoms with van der Waals surface area (Å²) in [5, 5.41) is 15.3. The molecule has 3 heterocycles. The van der Waals surface area contributed by atoms with Crippen LogP contribution in [0.4, 0.5) is 30.4 Å². The molecule has 2 aliphatic heterocycles. The Labute approximate surface area is 253 Å². The molecule has 5 rings (SSSR count). The summed E-state index contributed by atoms with van der Waals surface area (Å²) >= 11 is 0. The number of fused-ring (bicyclic) bond motifs is 1. The van der Waals surface area contributed by atoms with Gasteiger partial charge in [-0.05, 0) is 60.4 Å². The third-order valence-corrected chi connectivity index (χ3v) is 7.41. The fraction of sp³-hybridized carbons (Fsp3) is 0.281. The molecule has 0 radical (unpaired) electrons. The number of carbonyl (C=O) groups is 2. The van der Waals surface area contributed by atoms with E-state index >= 15 is 0 Å². The first-order valence-electron chi connectivity index (χ1n) is 13.9. The van der Waals surface area contributed by atoms with Crippen molar-refractivity contribution in [3.8, 4) is 0 Å². The van der Waals surface area contributed by atoms with Crippen LogP contribution < -0.4 is 15.5 Å². The number of allylic oxidation sites excluding steroid dienone is 2. The van der Waals surface area contributed by atoms with E-state index < -0.39 is 29.7 Å². The number of anilines is 3. The first kappa shape index (κ1) is 31.8. The largest absolute Gasteiger partial charge is 0.416 e. The van der Waals surface area contributed by atoms with Crippen LogP contribution in [0.25, 0.3) is 5.57 Å². The normalized spacial score (nSPS) is 17.5. The molecule has 226 valence electrons. The van der Waals surface area contributed by atoms with Gasteiger partial charge in [-0.25, -0.2) is 4.98 Å². The van der Waals surface area contributed by atoms with E-state index in [0.29, 0.717) is 33.6 Å². The summed E-state index contributed by atoms with van der Waals surface area (Å²) < 4.78 is 39.6. The fourth-order valence-electron chi connectivity index (χ4n) is 5.18. The summed E-state index contributed by atoms with van der Waals surface area (Å²) in [6.07, 6.45) is 5.20. The fourth-order valence-corrected chi connectivity index (χ4v) is 5.18. The Hall–Kier alpha value is -4.15. The van der Waals surface area contributed by atoms with Gasteiger partial charge in [-0.1, -0.05) is 43.2 Å². The Bertz CT molecular complexity index is 1500. The minimum atomic E-state index is -4.45. The zero-order valence-electron chi connectivity index (χ0n) is 23.2. The lowest BCUT2D eigenvalue weighted by atomic mass is 9.97. The molecule has 1 saturated heterocycles. The number of aromatic nitrogens is 1. The lowest BCUT2D eigenvalue weighted by Gasteiger charge is -2.23. The number of hydrogen-bond donors (Lipinski definition) is 3. The number of nitrogens with zero attached hydrogens (tertiary/aromatic N) is 2. The number of benzene rings is 2. The number of amides is 2. The Kier molecular flexibility index (Phi) is 10.3. The minimum absolute atomic E-state index is 0. The van der Waals surface area contributed by atoms with Gasteiger partial charge in [0.15, 0.2) is 0 Å². The monoisotopic (exact) mass is 612 g/mol. The molecule has 1 aromatic heterocycles. The molecule has 0 aliphatic carbocycles. The standard InChI is InChI=1S/C32H31F3N4O3.ClH/c33-32(34,35)23-14-11-21(12-15-23)24(22-13-16-29(36-20-22)39-17-3-1-2-4-18-39)7-5-10-30(41)37-26-8-6-9-27-25(26)19-28(40)31(42)38-27;/h5-16,20,28,40H,1-4,17-19H2,(H,37,41)(H,38,42);1H/b10-5+,24-7-;. The van der Waals surface area contributed by atoms with Gasteiger partial charge in [0.25, 0.3) is 5.91 Å². The second-order valence-electron chi connectivity index (χ2n) is 10.4. The summed E-state index contributed by atoms with van der Waals surface area (Å²) in [4.78, 5) is 31.5. The van der Waals surface area contributed by atoms with E-state index in [2.05, 4.69) is 20.5 Å². The number of nitrogens with one attached hydrogen (secondary N) is 2. The third kappa shape index (κ3) is 7.82. The van der Waals surface area contributed by atoms with Crippen molar-refractivity contribution in [1.29, 1.82) is 0 Å². The average molecular weight is 613 g/mol. The van der Waals surface area contributed by atoms with E-state index in [1.807, 2.05) is 12.1 Å². The minimum Gasteiger partial charge on any atom is -0.383 e. The van der Waals surface area contributed by atoms with Crippen molar-refractivity contribution in [3.05, 3.63) is 101 Å². The number of carbonyl (C=O) groups excluding carboxylic acids is 2. The molecule has 7 nitrogen and oxygen atoms in total. The molecule has 1 atom stereocenters. The molecule has 11 heteroatoms. The maximum absolute atomic E-state index is 13.2. The predicted molar refractivity (Wildman–Crippen MR) is 163 cm³/mol. The predicted octanol–water partition coefficient (Wildman–Crippen LogP) is 6.38. The highest BCUT2D eigenvalue weighted by Crippen LogP contribution is 2.32. The average Bonchev–Trinajstić information content (AvgIpc) is 3.26. The lowest BCUT2D eigenvalue weighted by molar-refractivity contribution is -0.137. The Morgan fingerprint density at radius 3 is 2.35 bits per heavy atom. The molecule has 1 fully saturated rings. The quantitative estimate of drug-likeness (QED) is 0.222. The van der Waals surface area contributed by atoms with Crippen LogP contribution >= 0.6 is 12.4 Å². The summed E-state index contributed by atoms with van der Waals surface area (Å²) in [6, 6.07) is 13.7.